The Morgan fingerprint density at radius 1 is 1.33 bits per heavy atom. The SMILES string of the molecule is Cc1ncc(CNc2ccc(Br)cc2)[nH]1. The third-order valence-corrected chi connectivity index (χ3v) is 2.61. The van der Waals surface area contributed by atoms with Crippen LogP contribution in [0.25, 0.3) is 0 Å². The van der Waals surface area contributed by atoms with Crippen LogP contribution in [0.5, 0.6) is 0 Å². The lowest BCUT2D eigenvalue weighted by molar-refractivity contribution is 1.05. The molecule has 15 heavy (non-hydrogen) atoms. The number of hydrogen-bond acceptors (Lipinski definition) is 2. The molecule has 1 aromatic heterocycles. The summed E-state index contributed by atoms with van der Waals surface area (Å²) in [7, 11) is 0. The fourth-order valence-corrected chi connectivity index (χ4v) is 1.59. The van der Waals surface area contributed by atoms with E-state index in [0.29, 0.717) is 0 Å². The Kier molecular flexibility index (Phi) is 3.06. The number of imidazole rings is 1. The fraction of sp³-hybridized carbons (Fsp3) is 0.182. The molecule has 0 saturated carbocycles. The Morgan fingerprint density at radius 3 is 2.67 bits per heavy atom. The van der Waals surface area contributed by atoms with Crippen LogP contribution in [0.15, 0.2) is 34.9 Å². The van der Waals surface area contributed by atoms with Crippen molar-refractivity contribution in [1.29, 1.82) is 0 Å². The van der Waals surface area contributed by atoms with E-state index in [9.17, 15) is 0 Å². The second kappa shape index (κ2) is 4.49. The van der Waals surface area contributed by atoms with Gasteiger partial charge in [-0.1, -0.05) is 15.9 Å². The highest BCUT2D eigenvalue weighted by molar-refractivity contribution is 9.10. The molecule has 0 bridgehead atoms. The molecular formula is C11H12BrN3. The minimum atomic E-state index is 0.766. The second-order valence-electron chi connectivity index (χ2n) is 3.35. The number of benzene rings is 1. The van der Waals surface area contributed by atoms with E-state index in [4.69, 9.17) is 0 Å². The molecule has 2 aromatic rings. The lowest BCUT2D eigenvalue weighted by Crippen LogP contribution is -1.99. The zero-order valence-corrected chi connectivity index (χ0v) is 10.0. The standard InChI is InChI=1S/C11H12BrN3/c1-8-13-6-11(15-8)7-14-10-4-2-9(12)3-5-10/h2-6,14H,7H2,1H3,(H,13,15). The Labute approximate surface area is 97.1 Å². The maximum absolute atomic E-state index is 4.14. The van der Waals surface area contributed by atoms with E-state index in [-0.39, 0.29) is 0 Å². The summed E-state index contributed by atoms with van der Waals surface area (Å²) >= 11 is 3.40. The van der Waals surface area contributed by atoms with Crippen LogP contribution in [0.3, 0.4) is 0 Å². The van der Waals surface area contributed by atoms with Crippen molar-refractivity contribution in [3.05, 3.63) is 46.5 Å². The largest absolute Gasteiger partial charge is 0.379 e. The molecule has 0 unspecified atom stereocenters. The van der Waals surface area contributed by atoms with Crippen LogP contribution in [0.4, 0.5) is 5.69 Å². The minimum absolute atomic E-state index is 0.766. The van der Waals surface area contributed by atoms with Crippen LogP contribution in [0.2, 0.25) is 0 Å². The summed E-state index contributed by atoms with van der Waals surface area (Å²) < 4.78 is 1.09. The summed E-state index contributed by atoms with van der Waals surface area (Å²) in [5.41, 5.74) is 2.20. The zero-order valence-electron chi connectivity index (χ0n) is 8.42. The van der Waals surface area contributed by atoms with E-state index in [0.717, 1.165) is 28.2 Å². The molecule has 0 aliphatic carbocycles. The maximum atomic E-state index is 4.14. The van der Waals surface area contributed by atoms with Gasteiger partial charge in [-0.05, 0) is 31.2 Å². The first-order chi connectivity index (χ1) is 7.24. The van der Waals surface area contributed by atoms with Crippen molar-refractivity contribution in [2.24, 2.45) is 0 Å². The van der Waals surface area contributed by atoms with E-state index >= 15 is 0 Å². The lowest BCUT2D eigenvalue weighted by atomic mass is 10.3. The number of halogens is 1. The van der Waals surface area contributed by atoms with Gasteiger partial charge < -0.3 is 10.3 Å². The number of aryl methyl sites for hydroxylation is 1. The summed E-state index contributed by atoms with van der Waals surface area (Å²) in [6.45, 7) is 2.71. The van der Waals surface area contributed by atoms with Crippen molar-refractivity contribution in [1.82, 2.24) is 9.97 Å². The first-order valence-corrected chi connectivity index (χ1v) is 5.53. The smallest absolute Gasteiger partial charge is 0.103 e. The van der Waals surface area contributed by atoms with E-state index in [1.54, 1.807) is 0 Å². The highest BCUT2D eigenvalue weighted by atomic mass is 79.9. The van der Waals surface area contributed by atoms with Gasteiger partial charge in [-0.25, -0.2) is 4.98 Å². The topological polar surface area (TPSA) is 40.7 Å². The summed E-state index contributed by atoms with van der Waals surface area (Å²) in [4.78, 5) is 7.31. The first-order valence-electron chi connectivity index (χ1n) is 4.74. The maximum Gasteiger partial charge on any atom is 0.103 e. The van der Waals surface area contributed by atoms with Crippen LogP contribution in [-0.4, -0.2) is 9.97 Å². The van der Waals surface area contributed by atoms with Gasteiger partial charge >= 0.3 is 0 Å². The van der Waals surface area contributed by atoms with Crippen molar-refractivity contribution in [2.45, 2.75) is 13.5 Å². The number of aromatic nitrogens is 2. The molecule has 0 aliphatic rings. The molecule has 78 valence electrons. The van der Waals surface area contributed by atoms with Gasteiger partial charge in [0.05, 0.1) is 18.4 Å². The summed E-state index contributed by atoms with van der Waals surface area (Å²) in [5, 5.41) is 3.31. The predicted octanol–water partition coefficient (Wildman–Crippen LogP) is 3.09. The highest BCUT2D eigenvalue weighted by Crippen LogP contribution is 2.14. The Balaban J connectivity index is 1.96. The normalized spacial score (nSPS) is 10.3. The number of nitrogens with one attached hydrogen (secondary N) is 2. The van der Waals surface area contributed by atoms with Crippen molar-refractivity contribution in [3.63, 3.8) is 0 Å². The van der Waals surface area contributed by atoms with Crippen LogP contribution in [-0.2, 0) is 6.54 Å². The predicted molar refractivity (Wildman–Crippen MR) is 64.8 cm³/mol. The molecule has 2 rings (SSSR count). The quantitative estimate of drug-likeness (QED) is 0.896. The molecule has 1 aromatic carbocycles. The van der Waals surface area contributed by atoms with E-state index in [1.165, 1.54) is 0 Å². The number of anilines is 1. The number of nitrogens with zero attached hydrogens (tertiary/aromatic N) is 1. The van der Waals surface area contributed by atoms with Crippen molar-refractivity contribution < 1.29 is 0 Å². The van der Waals surface area contributed by atoms with Crippen LogP contribution < -0.4 is 5.32 Å². The van der Waals surface area contributed by atoms with Gasteiger partial charge in [0.25, 0.3) is 0 Å². The Morgan fingerprint density at radius 2 is 2.07 bits per heavy atom. The molecule has 0 radical (unpaired) electrons. The van der Waals surface area contributed by atoms with Crippen LogP contribution in [0, 0.1) is 6.92 Å². The molecule has 0 atom stereocenters. The van der Waals surface area contributed by atoms with Gasteiger partial charge in [-0.3, -0.25) is 0 Å². The molecule has 0 fully saturated rings. The van der Waals surface area contributed by atoms with Gasteiger partial charge in [0.2, 0.25) is 0 Å². The van der Waals surface area contributed by atoms with Crippen molar-refractivity contribution in [3.8, 4) is 0 Å². The number of H-pyrrole nitrogens is 1. The van der Waals surface area contributed by atoms with Gasteiger partial charge in [0.1, 0.15) is 5.82 Å². The average molecular weight is 266 g/mol. The molecule has 0 saturated heterocycles. The molecule has 4 heteroatoms. The monoisotopic (exact) mass is 265 g/mol. The van der Waals surface area contributed by atoms with Gasteiger partial charge in [-0.2, -0.15) is 0 Å². The van der Waals surface area contributed by atoms with E-state index in [2.05, 4.69) is 31.2 Å². The second-order valence-corrected chi connectivity index (χ2v) is 4.27. The highest BCUT2D eigenvalue weighted by Gasteiger charge is 1.96. The Bertz CT molecular complexity index is 433. The summed E-state index contributed by atoms with van der Waals surface area (Å²) in [5.74, 6) is 0.947. The van der Waals surface area contributed by atoms with Crippen molar-refractivity contribution >= 4 is 21.6 Å². The molecule has 0 amide bonds. The first kappa shape index (κ1) is 10.2. The van der Waals surface area contributed by atoms with Crippen molar-refractivity contribution in [2.75, 3.05) is 5.32 Å². The molecular weight excluding hydrogens is 254 g/mol. The van der Waals surface area contributed by atoms with Crippen LogP contribution >= 0.6 is 15.9 Å². The molecule has 0 spiro atoms. The third kappa shape index (κ3) is 2.83. The van der Waals surface area contributed by atoms with Gasteiger partial charge in [0, 0.05) is 10.2 Å². The zero-order chi connectivity index (χ0) is 10.7. The molecule has 1 heterocycles. The number of hydrogen-bond donors (Lipinski definition) is 2. The summed E-state index contributed by atoms with van der Waals surface area (Å²) in [6, 6.07) is 8.10. The molecule has 0 aliphatic heterocycles. The van der Waals surface area contributed by atoms with E-state index in [1.807, 2.05) is 37.4 Å². The number of aromatic amines is 1. The minimum Gasteiger partial charge on any atom is -0.379 e. The molecule has 3 nitrogen and oxygen atoms in total. The molecule has 2 N–H and O–H groups in total. The number of rotatable bonds is 3. The van der Waals surface area contributed by atoms with Crippen LogP contribution in [0.1, 0.15) is 11.5 Å². The lowest BCUT2D eigenvalue weighted by Gasteiger charge is -2.04. The third-order valence-electron chi connectivity index (χ3n) is 2.08. The fourth-order valence-electron chi connectivity index (χ4n) is 1.33. The Hall–Kier alpha value is -1.29. The average Bonchev–Trinajstić information content (AvgIpc) is 2.64. The summed E-state index contributed by atoms with van der Waals surface area (Å²) in [6.07, 6.45) is 1.85. The van der Waals surface area contributed by atoms with Gasteiger partial charge in [-0.15, -0.1) is 0 Å². The van der Waals surface area contributed by atoms with Gasteiger partial charge in [0.15, 0.2) is 0 Å². The van der Waals surface area contributed by atoms with E-state index < -0.39 is 0 Å².